The molecule has 1 aromatic carbocycles. The van der Waals surface area contributed by atoms with E-state index in [1.807, 2.05) is 29.6 Å². The van der Waals surface area contributed by atoms with E-state index in [9.17, 15) is 9.59 Å². The SMILES string of the molecule is CC1CN(Cc2csc(NC(=O)CCc3nc4ccccc4c(=O)n3C3CC3)n2)CC(C)O1. The minimum atomic E-state index is -0.116. The number of benzene rings is 1. The Kier molecular flexibility index (Phi) is 6.27. The summed E-state index contributed by atoms with van der Waals surface area (Å²) in [6.07, 6.45) is 3.07. The summed E-state index contributed by atoms with van der Waals surface area (Å²) in [6.45, 7) is 6.68. The van der Waals surface area contributed by atoms with Gasteiger partial charge in [0.2, 0.25) is 5.91 Å². The van der Waals surface area contributed by atoms with Crippen molar-refractivity contribution >= 4 is 33.3 Å². The Morgan fingerprint density at radius 3 is 2.70 bits per heavy atom. The highest BCUT2D eigenvalue weighted by atomic mass is 32.1. The first-order valence-corrected chi connectivity index (χ1v) is 12.5. The van der Waals surface area contributed by atoms with Gasteiger partial charge in [-0.25, -0.2) is 9.97 Å². The van der Waals surface area contributed by atoms with Gasteiger partial charge in [0.15, 0.2) is 5.13 Å². The Morgan fingerprint density at radius 2 is 1.94 bits per heavy atom. The molecule has 1 saturated carbocycles. The van der Waals surface area contributed by atoms with Crippen molar-refractivity contribution in [3.05, 3.63) is 51.5 Å². The third-order valence-corrected chi connectivity index (χ3v) is 6.85. The average Bonchev–Trinajstić information content (AvgIpc) is 3.51. The van der Waals surface area contributed by atoms with Gasteiger partial charge < -0.3 is 10.1 Å². The average molecular weight is 468 g/mol. The van der Waals surface area contributed by atoms with Crippen molar-refractivity contribution in [3.8, 4) is 0 Å². The summed E-state index contributed by atoms with van der Waals surface area (Å²) >= 11 is 1.44. The van der Waals surface area contributed by atoms with Gasteiger partial charge in [-0.15, -0.1) is 11.3 Å². The van der Waals surface area contributed by atoms with Crippen LogP contribution in [0, 0.1) is 0 Å². The van der Waals surface area contributed by atoms with Crippen LogP contribution in [-0.2, 0) is 22.5 Å². The van der Waals surface area contributed by atoms with Gasteiger partial charge in [0.1, 0.15) is 5.82 Å². The molecule has 2 fully saturated rings. The monoisotopic (exact) mass is 467 g/mol. The van der Waals surface area contributed by atoms with E-state index < -0.39 is 0 Å². The second-order valence-corrected chi connectivity index (χ2v) is 9.95. The standard InChI is InChI=1S/C24H29N5O3S/c1-15-11-28(12-16(2)32-15)13-17-14-33-24(25-17)27-22(30)10-9-21-26-20-6-4-3-5-19(20)23(31)29(21)18-7-8-18/h3-6,14-16,18H,7-13H2,1-2H3,(H,25,27,30). The van der Waals surface area contributed by atoms with Gasteiger partial charge in [0, 0.05) is 43.9 Å². The largest absolute Gasteiger partial charge is 0.373 e. The topological polar surface area (TPSA) is 89.4 Å². The van der Waals surface area contributed by atoms with E-state index in [4.69, 9.17) is 9.72 Å². The van der Waals surface area contributed by atoms with Crippen LogP contribution in [0.3, 0.4) is 0 Å². The maximum Gasteiger partial charge on any atom is 0.261 e. The van der Waals surface area contributed by atoms with E-state index in [1.165, 1.54) is 11.3 Å². The van der Waals surface area contributed by atoms with Crippen LogP contribution in [0.4, 0.5) is 5.13 Å². The van der Waals surface area contributed by atoms with Gasteiger partial charge in [-0.1, -0.05) is 12.1 Å². The molecule has 3 aromatic rings. The molecule has 1 aliphatic carbocycles. The molecule has 9 heteroatoms. The van der Waals surface area contributed by atoms with Gasteiger partial charge in [-0.2, -0.15) is 0 Å². The van der Waals surface area contributed by atoms with Crippen molar-refractivity contribution in [2.45, 2.75) is 64.3 Å². The highest BCUT2D eigenvalue weighted by molar-refractivity contribution is 7.13. The molecule has 2 aliphatic rings. The molecule has 2 aromatic heterocycles. The lowest BCUT2D eigenvalue weighted by Gasteiger charge is -2.34. The molecule has 0 radical (unpaired) electrons. The van der Waals surface area contributed by atoms with Gasteiger partial charge in [-0.05, 0) is 38.8 Å². The van der Waals surface area contributed by atoms with Crippen molar-refractivity contribution < 1.29 is 9.53 Å². The van der Waals surface area contributed by atoms with Crippen LogP contribution in [0.15, 0.2) is 34.4 Å². The summed E-state index contributed by atoms with van der Waals surface area (Å²) < 4.78 is 7.58. The Morgan fingerprint density at radius 1 is 1.18 bits per heavy atom. The maximum atomic E-state index is 13.0. The molecule has 3 heterocycles. The lowest BCUT2D eigenvalue weighted by molar-refractivity contribution is -0.116. The number of anilines is 1. The first kappa shape index (κ1) is 22.2. The van der Waals surface area contributed by atoms with E-state index >= 15 is 0 Å². The van der Waals surface area contributed by atoms with E-state index in [1.54, 1.807) is 4.57 Å². The number of fused-ring (bicyclic) bond motifs is 1. The zero-order valence-electron chi connectivity index (χ0n) is 19.0. The van der Waals surface area contributed by atoms with Crippen LogP contribution in [0.1, 0.15) is 50.7 Å². The van der Waals surface area contributed by atoms with E-state index in [2.05, 4.69) is 29.0 Å². The van der Waals surface area contributed by atoms with Crippen LogP contribution < -0.4 is 10.9 Å². The molecule has 8 nitrogen and oxygen atoms in total. The third-order valence-electron chi connectivity index (χ3n) is 6.05. The predicted octanol–water partition coefficient (Wildman–Crippen LogP) is 3.37. The fourth-order valence-electron chi connectivity index (χ4n) is 4.56. The zero-order chi connectivity index (χ0) is 22.9. The first-order chi connectivity index (χ1) is 16.0. The zero-order valence-corrected chi connectivity index (χ0v) is 19.8. The second kappa shape index (κ2) is 9.32. The number of carbonyl (C=O) groups is 1. The minimum absolute atomic E-state index is 0.00479. The second-order valence-electron chi connectivity index (χ2n) is 9.10. The number of hydrogen-bond donors (Lipinski definition) is 1. The molecule has 2 atom stereocenters. The number of carbonyl (C=O) groups excluding carboxylic acids is 1. The smallest absolute Gasteiger partial charge is 0.261 e. The molecular formula is C24H29N5O3S. The summed E-state index contributed by atoms with van der Waals surface area (Å²) in [5.74, 6) is 0.570. The Hall–Kier alpha value is -2.62. The molecule has 2 unspecified atom stereocenters. The molecule has 5 rings (SSSR count). The Labute approximate surface area is 196 Å². The fourth-order valence-corrected chi connectivity index (χ4v) is 5.28. The van der Waals surface area contributed by atoms with Crippen LogP contribution in [-0.4, -0.2) is 50.6 Å². The molecule has 0 spiro atoms. The lowest BCUT2D eigenvalue weighted by atomic mass is 10.2. The third kappa shape index (κ3) is 5.15. The summed E-state index contributed by atoms with van der Waals surface area (Å²) in [5.41, 5.74) is 1.64. The van der Waals surface area contributed by atoms with Gasteiger partial charge in [-0.3, -0.25) is 19.1 Å². The molecule has 174 valence electrons. The molecule has 1 saturated heterocycles. The molecule has 0 bridgehead atoms. The number of nitrogens with one attached hydrogen (secondary N) is 1. The van der Waals surface area contributed by atoms with Crippen LogP contribution >= 0.6 is 11.3 Å². The first-order valence-electron chi connectivity index (χ1n) is 11.6. The quantitative estimate of drug-likeness (QED) is 0.573. The van der Waals surface area contributed by atoms with E-state index in [-0.39, 0.29) is 36.1 Å². The summed E-state index contributed by atoms with van der Waals surface area (Å²) in [4.78, 5) is 37.2. The van der Waals surface area contributed by atoms with Gasteiger partial charge in [0.05, 0.1) is 28.8 Å². The number of morpholine rings is 1. The minimum Gasteiger partial charge on any atom is -0.373 e. The van der Waals surface area contributed by atoms with Crippen molar-refractivity contribution in [3.63, 3.8) is 0 Å². The van der Waals surface area contributed by atoms with Crippen LogP contribution in [0.2, 0.25) is 0 Å². The number of rotatable bonds is 7. The number of para-hydroxylation sites is 1. The highest BCUT2D eigenvalue weighted by Gasteiger charge is 2.28. The van der Waals surface area contributed by atoms with E-state index in [0.29, 0.717) is 28.3 Å². The molecule has 33 heavy (non-hydrogen) atoms. The van der Waals surface area contributed by atoms with Crippen LogP contribution in [0.5, 0.6) is 0 Å². The Balaban J connectivity index is 1.22. The molecule has 1 aliphatic heterocycles. The lowest BCUT2D eigenvalue weighted by Crippen LogP contribution is -2.44. The number of aryl methyl sites for hydroxylation is 1. The molecular weight excluding hydrogens is 438 g/mol. The fraction of sp³-hybridized carbons (Fsp3) is 0.500. The number of thiazole rings is 1. The van der Waals surface area contributed by atoms with Gasteiger partial charge >= 0.3 is 0 Å². The van der Waals surface area contributed by atoms with Gasteiger partial charge in [0.25, 0.3) is 5.56 Å². The Bertz CT molecular complexity index is 1210. The normalized spacial score (nSPS) is 21.4. The summed E-state index contributed by atoms with van der Waals surface area (Å²) in [5, 5.41) is 6.15. The van der Waals surface area contributed by atoms with E-state index in [0.717, 1.165) is 38.2 Å². The number of amides is 1. The summed E-state index contributed by atoms with van der Waals surface area (Å²) in [7, 11) is 0. The van der Waals surface area contributed by atoms with Crippen molar-refractivity contribution in [2.75, 3.05) is 18.4 Å². The number of aromatic nitrogens is 3. The number of nitrogens with zero attached hydrogens (tertiary/aromatic N) is 4. The molecule has 1 N–H and O–H groups in total. The predicted molar refractivity (Wildman–Crippen MR) is 129 cm³/mol. The summed E-state index contributed by atoms with van der Waals surface area (Å²) in [6, 6.07) is 7.62. The number of hydrogen-bond acceptors (Lipinski definition) is 7. The van der Waals surface area contributed by atoms with Crippen molar-refractivity contribution in [2.24, 2.45) is 0 Å². The highest BCUT2D eigenvalue weighted by Crippen LogP contribution is 2.35. The van der Waals surface area contributed by atoms with Crippen LogP contribution in [0.25, 0.3) is 10.9 Å². The maximum absolute atomic E-state index is 13.0. The van der Waals surface area contributed by atoms with Crippen molar-refractivity contribution in [1.82, 2.24) is 19.4 Å². The van der Waals surface area contributed by atoms with Crippen molar-refractivity contribution in [1.29, 1.82) is 0 Å². The molecule has 1 amide bonds. The number of ether oxygens (including phenoxy) is 1.